The third kappa shape index (κ3) is 7.69. The fourth-order valence-corrected chi connectivity index (χ4v) is 4.35. The number of rotatable bonds is 11. The van der Waals surface area contributed by atoms with Crippen molar-refractivity contribution in [3.63, 3.8) is 0 Å². The second kappa shape index (κ2) is 12.1. The Morgan fingerprint density at radius 1 is 1.23 bits per heavy atom. The van der Waals surface area contributed by atoms with E-state index < -0.39 is 22.0 Å². The van der Waals surface area contributed by atoms with Crippen molar-refractivity contribution in [2.75, 3.05) is 13.2 Å². The van der Waals surface area contributed by atoms with Gasteiger partial charge in [-0.05, 0) is 55.5 Å². The van der Waals surface area contributed by atoms with Crippen LogP contribution in [-0.4, -0.2) is 44.6 Å². The van der Waals surface area contributed by atoms with Crippen LogP contribution in [0.2, 0.25) is 0 Å². The molecule has 0 unspecified atom stereocenters. The van der Waals surface area contributed by atoms with Crippen LogP contribution in [-0.2, 0) is 14.8 Å². The summed E-state index contributed by atoms with van der Waals surface area (Å²) in [4.78, 5) is 23.8. The van der Waals surface area contributed by atoms with E-state index in [9.17, 15) is 18.0 Å². The fraction of sp³-hybridized carbons (Fsp3) is 0.300. The number of hydroxylamine groups is 1. The van der Waals surface area contributed by atoms with E-state index in [0.717, 1.165) is 0 Å². The van der Waals surface area contributed by atoms with E-state index in [1.165, 1.54) is 41.1 Å². The van der Waals surface area contributed by atoms with Gasteiger partial charge in [0.05, 0.1) is 4.90 Å². The van der Waals surface area contributed by atoms with Gasteiger partial charge in [0, 0.05) is 17.5 Å². The van der Waals surface area contributed by atoms with Crippen molar-refractivity contribution in [3.8, 4) is 17.6 Å². The van der Waals surface area contributed by atoms with Gasteiger partial charge in [0.2, 0.25) is 10.0 Å². The molecule has 0 saturated heterocycles. The van der Waals surface area contributed by atoms with Gasteiger partial charge in [-0.3, -0.25) is 14.8 Å². The van der Waals surface area contributed by atoms with Crippen LogP contribution in [0.5, 0.6) is 5.75 Å². The largest absolute Gasteiger partial charge is 0.481 e. The Morgan fingerprint density at radius 3 is 2.58 bits per heavy atom. The minimum absolute atomic E-state index is 0.0619. The van der Waals surface area contributed by atoms with Gasteiger partial charge in [-0.2, -0.15) is 16.1 Å². The van der Waals surface area contributed by atoms with Crippen LogP contribution in [0.4, 0.5) is 0 Å². The van der Waals surface area contributed by atoms with Crippen LogP contribution in [0.25, 0.3) is 0 Å². The molecule has 0 aliphatic carbocycles. The number of ether oxygens (including phenoxy) is 1. The van der Waals surface area contributed by atoms with Gasteiger partial charge in [0.1, 0.15) is 18.4 Å². The van der Waals surface area contributed by atoms with E-state index in [1.807, 2.05) is 0 Å². The highest BCUT2D eigenvalue weighted by Gasteiger charge is 2.25. The van der Waals surface area contributed by atoms with Crippen LogP contribution in [0.3, 0.4) is 0 Å². The number of thiophene rings is 1. The molecule has 11 heteroatoms. The number of carbonyl (C=O) groups is 2. The Labute approximate surface area is 184 Å². The molecule has 2 aromatic rings. The average molecular weight is 466 g/mol. The molecular weight excluding hydrogens is 442 g/mol. The number of nitrogens with one attached hydrogen (secondary N) is 3. The molecule has 0 spiro atoms. The first kappa shape index (κ1) is 24.4. The minimum atomic E-state index is -4.04. The van der Waals surface area contributed by atoms with E-state index in [0.29, 0.717) is 17.7 Å². The smallest absolute Gasteiger partial charge is 0.261 e. The van der Waals surface area contributed by atoms with Gasteiger partial charge in [0.15, 0.2) is 0 Å². The summed E-state index contributed by atoms with van der Waals surface area (Å²) >= 11 is 1.40. The molecular formula is C20H23N3O6S2. The summed E-state index contributed by atoms with van der Waals surface area (Å²) in [6.45, 7) is 2.10. The number of hydrogen-bond acceptors (Lipinski definition) is 7. The van der Waals surface area contributed by atoms with Crippen molar-refractivity contribution in [1.82, 2.24) is 15.5 Å². The zero-order valence-corrected chi connectivity index (χ0v) is 18.4. The molecule has 2 amide bonds. The number of benzene rings is 1. The quantitative estimate of drug-likeness (QED) is 0.172. The number of sulfonamides is 1. The minimum Gasteiger partial charge on any atom is -0.481 e. The zero-order valence-electron chi connectivity index (χ0n) is 16.8. The maximum atomic E-state index is 12.6. The second-order valence-corrected chi connectivity index (χ2v) is 8.74. The summed E-state index contributed by atoms with van der Waals surface area (Å²) in [6, 6.07) is 6.10. The van der Waals surface area contributed by atoms with Crippen molar-refractivity contribution < 1.29 is 28.0 Å². The van der Waals surface area contributed by atoms with Gasteiger partial charge >= 0.3 is 0 Å². The van der Waals surface area contributed by atoms with Gasteiger partial charge in [-0.15, -0.1) is 5.92 Å². The molecule has 1 aromatic carbocycles. The highest BCUT2D eigenvalue weighted by Crippen LogP contribution is 2.17. The van der Waals surface area contributed by atoms with E-state index in [2.05, 4.69) is 21.9 Å². The lowest BCUT2D eigenvalue weighted by Crippen LogP contribution is -2.46. The molecule has 0 fully saturated rings. The van der Waals surface area contributed by atoms with Crippen LogP contribution >= 0.6 is 11.3 Å². The van der Waals surface area contributed by atoms with E-state index in [-0.39, 0.29) is 30.4 Å². The SMILES string of the molecule is CC#CCOc1ccc(S(=O)(=O)N[C@H](CCCNC(=O)c2ccsc2)C(=O)NO)cc1. The first-order chi connectivity index (χ1) is 14.9. The van der Waals surface area contributed by atoms with Crippen molar-refractivity contribution >= 4 is 33.2 Å². The van der Waals surface area contributed by atoms with Crippen molar-refractivity contribution in [2.24, 2.45) is 0 Å². The number of amides is 2. The predicted octanol–water partition coefficient (Wildman–Crippen LogP) is 1.51. The summed E-state index contributed by atoms with van der Waals surface area (Å²) in [5, 5.41) is 15.1. The number of carbonyl (C=O) groups excluding carboxylic acids is 2. The van der Waals surface area contributed by atoms with Gasteiger partial charge in [0.25, 0.3) is 11.8 Å². The molecule has 0 aliphatic heterocycles. The molecule has 31 heavy (non-hydrogen) atoms. The lowest BCUT2D eigenvalue weighted by molar-refractivity contribution is -0.131. The third-order valence-electron chi connectivity index (χ3n) is 4.08. The molecule has 1 atom stereocenters. The monoisotopic (exact) mass is 465 g/mol. The standard InChI is InChI=1S/C20H23N3O6S2/c1-2-3-12-29-16-6-8-17(9-7-16)31(27,28)23-18(20(25)22-26)5-4-11-21-19(24)15-10-13-30-14-15/h6-10,13-14,18,23,26H,4-5,11-12H2,1H3,(H,21,24)(H,22,25)/t18-/m1/s1. The maximum absolute atomic E-state index is 12.6. The fourth-order valence-electron chi connectivity index (χ4n) is 2.49. The summed E-state index contributed by atoms with van der Waals surface area (Å²) in [7, 11) is -4.04. The highest BCUT2D eigenvalue weighted by atomic mass is 32.2. The average Bonchev–Trinajstić information content (AvgIpc) is 3.31. The molecule has 4 N–H and O–H groups in total. The predicted molar refractivity (Wildman–Crippen MR) is 115 cm³/mol. The van der Waals surface area contributed by atoms with Gasteiger partial charge in [-0.25, -0.2) is 13.9 Å². The maximum Gasteiger partial charge on any atom is 0.261 e. The Bertz CT molecular complexity index is 1030. The lowest BCUT2D eigenvalue weighted by atomic mass is 10.1. The number of hydrogen-bond donors (Lipinski definition) is 4. The Morgan fingerprint density at radius 2 is 1.97 bits per heavy atom. The first-order valence-corrected chi connectivity index (χ1v) is 11.7. The Balaban J connectivity index is 1.94. The molecule has 166 valence electrons. The van der Waals surface area contributed by atoms with E-state index >= 15 is 0 Å². The van der Waals surface area contributed by atoms with Crippen LogP contribution in [0.1, 0.15) is 30.1 Å². The molecule has 0 aliphatic rings. The van der Waals surface area contributed by atoms with E-state index in [4.69, 9.17) is 9.94 Å². The summed E-state index contributed by atoms with van der Waals surface area (Å²) in [6.07, 6.45) is 0.369. The Kier molecular flexibility index (Phi) is 9.48. The molecule has 0 bridgehead atoms. The molecule has 0 saturated carbocycles. The molecule has 0 radical (unpaired) electrons. The topological polar surface area (TPSA) is 134 Å². The summed E-state index contributed by atoms with van der Waals surface area (Å²) < 4.78 is 32.9. The van der Waals surface area contributed by atoms with Gasteiger partial charge in [-0.1, -0.05) is 5.92 Å². The third-order valence-corrected chi connectivity index (χ3v) is 6.26. The molecule has 1 aromatic heterocycles. The summed E-state index contributed by atoms with van der Waals surface area (Å²) in [5.74, 6) is 4.71. The van der Waals surface area contributed by atoms with Crippen LogP contribution in [0.15, 0.2) is 46.0 Å². The highest BCUT2D eigenvalue weighted by molar-refractivity contribution is 7.89. The van der Waals surface area contributed by atoms with Crippen molar-refractivity contribution in [2.45, 2.75) is 30.7 Å². The second-order valence-electron chi connectivity index (χ2n) is 6.25. The summed E-state index contributed by atoms with van der Waals surface area (Å²) in [5.41, 5.74) is 2.00. The van der Waals surface area contributed by atoms with Gasteiger partial charge < -0.3 is 10.1 Å². The van der Waals surface area contributed by atoms with Crippen molar-refractivity contribution in [3.05, 3.63) is 46.7 Å². The van der Waals surface area contributed by atoms with E-state index in [1.54, 1.807) is 23.8 Å². The molecule has 1 heterocycles. The molecule has 9 nitrogen and oxygen atoms in total. The zero-order chi connectivity index (χ0) is 22.7. The van der Waals surface area contributed by atoms with Crippen LogP contribution < -0.4 is 20.3 Å². The normalized spacial score (nSPS) is 11.7. The van der Waals surface area contributed by atoms with Crippen molar-refractivity contribution in [1.29, 1.82) is 0 Å². The van der Waals surface area contributed by atoms with Crippen LogP contribution in [0, 0.1) is 11.8 Å². The first-order valence-electron chi connectivity index (χ1n) is 9.26. The molecule has 2 rings (SSSR count). The lowest BCUT2D eigenvalue weighted by Gasteiger charge is -2.17. The Hall–Kier alpha value is -2.91.